The first-order chi connectivity index (χ1) is 9.45. The lowest BCUT2D eigenvalue weighted by Crippen LogP contribution is -2.40. The molecule has 0 aliphatic heterocycles. The number of pyridine rings is 1. The summed E-state index contributed by atoms with van der Waals surface area (Å²) in [7, 11) is -3.91. The highest BCUT2D eigenvalue weighted by Gasteiger charge is 2.25. The zero-order chi connectivity index (χ0) is 14.8. The molecule has 1 aromatic carbocycles. The molecule has 0 fully saturated rings. The molecule has 0 aliphatic rings. The van der Waals surface area contributed by atoms with Gasteiger partial charge in [0.2, 0.25) is 10.0 Å². The average Bonchev–Trinajstić information content (AvgIpc) is 2.43. The van der Waals surface area contributed by atoms with E-state index < -0.39 is 22.0 Å². The van der Waals surface area contributed by atoms with Crippen molar-refractivity contribution in [3.63, 3.8) is 0 Å². The molecule has 6 nitrogen and oxygen atoms in total. The number of aliphatic carboxylic acids is 1. The normalized spacial score (nSPS) is 13.2. The summed E-state index contributed by atoms with van der Waals surface area (Å²) < 4.78 is 26.8. The summed E-state index contributed by atoms with van der Waals surface area (Å²) in [4.78, 5) is 15.1. The number of hydrogen-bond acceptors (Lipinski definition) is 4. The Balaban J connectivity index is 2.50. The van der Waals surface area contributed by atoms with Crippen LogP contribution in [0.5, 0.6) is 0 Å². The number of nitrogens with zero attached hydrogens (tertiary/aromatic N) is 1. The quantitative estimate of drug-likeness (QED) is 0.868. The first kappa shape index (κ1) is 14.4. The first-order valence-electron chi connectivity index (χ1n) is 6.04. The molecule has 7 heteroatoms. The number of sulfonamides is 1. The topological polar surface area (TPSA) is 96.4 Å². The zero-order valence-electron chi connectivity index (χ0n) is 10.8. The molecule has 0 saturated carbocycles. The van der Waals surface area contributed by atoms with Crippen LogP contribution in [0.4, 0.5) is 0 Å². The van der Waals surface area contributed by atoms with E-state index in [9.17, 15) is 13.2 Å². The van der Waals surface area contributed by atoms with E-state index in [0.29, 0.717) is 10.9 Å². The number of hydrogen-bond donors (Lipinski definition) is 2. The summed E-state index contributed by atoms with van der Waals surface area (Å²) in [6, 6.07) is 6.83. The molecule has 20 heavy (non-hydrogen) atoms. The minimum atomic E-state index is -3.91. The molecule has 0 saturated heterocycles. The van der Waals surface area contributed by atoms with Gasteiger partial charge in [0.25, 0.3) is 0 Å². The molecule has 0 bridgehead atoms. The highest BCUT2D eigenvalue weighted by Crippen LogP contribution is 2.21. The van der Waals surface area contributed by atoms with Crippen molar-refractivity contribution in [2.75, 3.05) is 0 Å². The molecule has 2 N–H and O–H groups in total. The van der Waals surface area contributed by atoms with Crippen LogP contribution >= 0.6 is 0 Å². The van der Waals surface area contributed by atoms with Crippen molar-refractivity contribution in [3.8, 4) is 0 Å². The second kappa shape index (κ2) is 5.56. The SMILES string of the molecule is CC[C@@H](NS(=O)(=O)c1cccc2ncccc12)C(=O)O. The molecule has 2 rings (SSSR count). The molecule has 0 unspecified atom stereocenters. The van der Waals surface area contributed by atoms with Crippen LogP contribution in [0.25, 0.3) is 10.9 Å². The maximum Gasteiger partial charge on any atom is 0.321 e. The van der Waals surface area contributed by atoms with Crippen LogP contribution in [-0.4, -0.2) is 30.5 Å². The number of rotatable bonds is 5. The van der Waals surface area contributed by atoms with Gasteiger partial charge in [-0.1, -0.05) is 13.0 Å². The fraction of sp³-hybridized carbons (Fsp3) is 0.231. The van der Waals surface area contributed by atoms with Crippen LogP contribution in [0.1, 0.15) is 13.3 Å². The molecule has 0 radical (unpaired) electrons. The monoisotopic (exact) mass is 294 g/mol. The largest absolute Gasteiger partial charge is 0.480 e. The van der Waals surface area contributed by atoms with E-state index in [4.69, 9.17) is 5.11 Å². The zero-order valence-corrected chi connectivity index (χ0v) is 11.6. The summed E-state index contributed by atoms with van der Waals surface area (Å²) in [6.45, 7) is 1.60. The van der Waals surface area contributed by atoms with Gasteiger partial charge in [-0.2, -0.15) is 4.72 Å². The number of nitrogens with one attached hydrogen (secondary N) is 1. The number of carbonyl (C=O) groups is 1. The van der Waals surface area contributed by atoms with Crippen LogP contribution < -0.4 is 4.72 Å². The number of carboxylic acid groups (broad SMARTS) is 1. The Morgan fingerprint density at radius 3 is 2.75 bits per heavy atom. The minimum absolute atomic E-state index is 0.0304. The third-order valence-corrected chi connectivity index (χ3v) is 4.43. The molecular weight excluding hydrogens is 280 g/mol. The molecular formula is C13H14N2O4S. The van der Waals surface area contributed by atoms with E-state index in [2.05, 4.69) is 9.71 Å². The van der Waals surface area contributed by atoms with Crippen LogP contribution in [0, 0.1) is 0 Å². The van der Waals surface area contributed by atoms with Crippen LogP contribution in [0.15, 0.2) is 41.4 Å². The van der Waals surface area contributed by atoms with Gasteiger partial charge >= 0.3 is 5.97 Å². The van der Waals surface area contributed by atoms with Gasteiger partial charge in [-0.15, -0.1) is 0 Å². The molecule has 0 aliphatic carbocycles. The summed E-state index contributed by atoms with van der Waals surface area (Å²) in [6.07, 6.45) is 1.73. The van der Waals surface area contributed by atoms with E-state index in [1.54, 1.807) is 37.4 Å². The Bertz CT molecular complexity index is 738. The number of fused-ring (bicyclic) bond motifs is 1. The fourth-order valence-electron chi connectivity index (χ4n) is 1.87. The Labute approximate surface area is 116 Å². The van der Waals surface area contributed by atoms with Crippen molar-refractivity contribution in [2.24, 2.45) is 0 Å². The molecule has 1 aromatic heterocycles. The number of benzene rings is 1. The smallest absolute Gasteiger partial charge is 0.321 e. The van der Waals surface area contributed by atoms with Crippen molar-refractivity contribution >= 4 is 26.9 Å². The summed E-state index contributed by atoms with van der Waals surface area (Å²) in [5, 5.41) is 9.42. The number of aromatic nitrogens is 1. The van der Waals surface area contributed by atoms with E-state index in [1.165, 1.54) is 6.07 Å². The third-order valence-electron chi connectivity index (χ3n) is 2.90. The van der Waals surface area contributed by atoms with Crippen molar-refractivity contribution in [3.05, 3.63) is 36.5 Å². The highest BCUT2D eigenvalue weighted by atomic mass is 32.2. The molecule has 2 aromatic rings. The van der Waals surface area contributed by atoms with E-state index in [0.717, 1.165) is 0 Å². The second-order valence-corrected chi connectivity index (χ2v) is 5.93. The molecule has 106 valence electrons. The van der Waals surface area contributed by atoms with Gasteiger partial charge in [0, 0.05) is 11.6 Å². The maximum absolute atomic E-state index is 12.3. The highest BCUT2D eigenvalue weighted by molar-refractivity contribution is 7.89. The van der Waals surface area contributed by atoms with Crippen molar-refractivity contribution < 1.29 is 18.3 Å². The Kier molecular flexibility index (Phi) is 4.01. The Hall–Kier alpha value is -1.99. The average molecular weight is 294 g/mol. The maximum atomic E-state index is 12.3. The summed E-state index contributed by atoms with van der Waals surface area (Å²) >= 11 is 0. The Morgan fingerprint density at radius 2 is 2.10 bits per heavy atom. The van der Waals surface area contributed by atoms with Gasteiger partial charge in [0.05, 0.1) is 10.4 Å². The van der Waals surface area contributed by atoms with E-state index in [1.807, 2.05) is 0 Å². The van der Waals surface area contributed by atoms with Crippen LogP contribution in [0.3, 0.4) is 0 Å². The summed E-state index contributed by atoms with van der Waals surface area (Å²) in [5.41, 5.74) is 0.541. The van der Waals surface area contributed by atoms with Gasteiger partial charge in [-0.05, 0) is 30.7 Å². The minimum Gasteiger partial charge on any atom is -0.480 e. The second-order valence-electron chi connectivity index (χ2n) is 4.25. The van der Waals surface area contributed by atoms with Gasteiger partial charge in [-0.3, -0.25) is 9.78 Å². The molecule has 1 atom stereocenters. The number of carboxylic acids is 1. The molecule has 0 spiro atoms. The van der Waals surface area contributed by atoms with Gasteiger partial charge in [0.15, 0.2) is 0 Å². The van der Waals surface area contributed by atoms with Crippen molar-refractivity contribution in [1.29, 1.82) is 0 Å². The predicted molar refractivity (Wildman–Crippen MR) is 73.8 cm³/mol. The lowest BCUT2D eigenvalue weighted by atomic mass is 10.2. The predicted octanol–water partition coefficient (Wildman–Crippen LogP) is 1.38. The first-order valence-corrected chi connectivity index (χ1v) is 7.53. The van der Waals surface area contributed by atoms with Crippen LogP contribution in [0.2, 0.25) is 0 Å². The summed E-state index contributed by atoms with van der Waals surface area (Å²) in [5.74, 6) is -1.20. The lowest BCUT2D eigenvalue weighted by Gasteiger charge is -2.14. The lowest BCUT2D eigenvalue weighted by molar-refractivity contribution is -0.139. The Morgan fingerprint density at radius 1 is 1.35 bits per heavy atom. The van der Waals surface area contributed by atoms with E-state index in [-0.39, 0.29) is 11.3 Å². The third kappa shape index (κ3) is 2.78. The van der Waals surface area contributed by atoms with Crippen LogP contribution in [-0.2, 0) is 14.8 Å². The van der Waals surface area contributed by atoms with Gasteiger partial charge in [-0.25, -0.2) is 8.42 Å². The van der Waals surface area contributed by atoms with Crippen molar-refractivity contribution in [2.45, 2.75) is 24.3 Å². The molecule has 1 heterocycles. The van der Waals surface area contributed by atoms with Crippen molar-refractivity contribution in [1.82, 2.24) is 9.71 Å². The standard InChI is InChI=1S/C13H14N2O4S/c1-2-10(13(16)17)15-20(18,19)12-7-3-6-11-9(12)5-4-8-14-11/h3-8,10,15H,2H2,1H3,(H,16,17)/t10-/m1/s1. The fourth-order valence-corrected chi connectivity index (χ4v) is 3.36. The van der Waals surface area contributed by atoms with E-state index >= 15 is 0 Å². The van der Waals surface area contributed by atoms with Gasteiger partial charge in [0.1, 0.15) is 6.04 Å². The van der Waals surface area contributed by atoms with Gasteiger partial charge < -0.3 is 5.11 Å². The molecule has 0 amide bonds.